The van der Waals surface area contributed by atoms with Gasteiger partial charge in [-0.25, -0.2) is 0 Å². The molecule has 2 rings (SSSR count). The number of hydrogen-bond donors (Lipinski definition) is 2. The summed E-state index contributed by atoms with van der Waals surface area (Å²) in [5.41, 5.74) is 9.27. The Kier molecular flexibility index (Phi) is 6.91. The molecule has 132 valence electrons. The first kappa shape index (κ1) is 18.7. The van der Waals surface area contributed by atoms with E-state index in [9.17, 15) is 0 Å². The fourth-order valence-electron chi connectivity index (χ4n) is 4.57. The summed E-state index contributed by atoms with van der Waals surface area (Å²) in [5.74, 6) is 2.31. The van der Waals surface area contributed by atoms with Crippen LogP contribution in [0.1, 0.15) is 72.1 Å². The normalized spacial score (nSPS) is 31.5. The van der Waals surface area contributed by atoms with Gasteiger partial charge in [-0.05, 0) is 70.8 Å². The van der Waals surface area contributed by atoms with Crippen molar-refractivity contribution in [3.63, 3.8) is 0 Å². The van der Waals surface area contributed by atoms with E-state index in [-0.39, 0.29) is 5.54 Å². The Morgan fingerprint density at radius 3 is 2.61 bits per heavy atom. The Hall–Kier alpha value is -0.600. The summed E-state index contributed by atoms with van der Waals surface area (Å²) in [6.45, 7) is 13.0. The molecule has 1 saturated heterocycles. The van der Waals surface area contributed by atoms with Gasteiger partial charge in [0.15, 0.2) is 0 Å². The van der Waals surface area contributed by atoms with Crippen molar-refractivity contribution in [1.82, 2.24) is 5.32 Å². The van der Waals surface area contributed by atoms with Gasteiger partial charge in [-0.1, -0.05) is 43.6 Å². The van der Waals surface area contributed by atoms with E-state index in [1.807, 2.05) is 0 Å². The highest BCUT2D eigenvalue weighted by Crippen LogP contribution is 2.46. The molecular weight excluding hydrogens is 280 g/mol. The molecule has 2 fully saturated rings. The predicted octanol–water partition coefficient (Wildman–Crippen LogP) is 4.81. The first-order valence-corrected chi connectivity index (χ1v) is 9.78. The molecule has 2 heteroatoms. The fourth-order valence-corrected chi connectivity index (χ4v) is 4.57. The maximum absolute atomic E-state index is 6.39. The summed E-state index contributed by atoms with van der Waals surface area (Å²) in [5, 5.41) is 3.89. The topological polar surface area (TPSA) is 38.0 Å². The second-order valence-electron chi connectivity index (χ2n) is 8.18. The van der Waals surface area contributed by atoms with Crippen LogP contribution < -0.4 is 11.1 Å². The summed E-state index contributed by atoms with van der Waals surface area (Å²) < 4.78 is 0. The summed E-state index contributed by atoms with van der Waals surface area (Å²) in [4.78, 5) is 0. The van der Waals surface area contributed by atoms with E-state index >= 15 is 0 Å². The second kappa shape index (κ2) is 8.48. The molecule has 0 bridgehead atoms. The van der Waals surface area contributed by atoms with Crippen LogP contribution in [0.2, 0.25) is 0 Å². The van der Waals surface area contributed by atoms with Crippen LogP contribution in [0.3, 0.4) is 0 Å². The van der Waals surface area contributed by atoms with E-state index in [1.54, 1.807) is 0 Å². The average Bonchev–Trinajstić information content (AvgIpc) is 3.34. The van der Waals surface area contributed by atoms with Crippen molar-refractivity contribution in [2.75, 3.05) is 13.1 Å². The van der Waals surface area contributed by atoms with Crippen molar-refractivity contribution in [3.8, 4) is 0 Å². The van der Waals surface area contributed by atoms with Crippen LogP contribution in [0.4, 0.5) is 0 Å². The zero-order valence-electron chi connectivity index (χ0n) is 15.7. The van der Waals surface area contributed by atoms with Crippen LogP contribution in [-0.4, -0.2) is 18.6 Å². The standard InChI is InChI=1S/C21H38N2/c1-5-17(4)20-19(14-18-10-11-18)9-7-13-23-21(20,15-22)12-6-8-16(2)3/h8,18-20,23H,4-7,9-15,22H2,1-3H3. The Morgan fingerprint density at radius 1 is 1.30 bits per heavy atom. The van der Waals surface area contributed by atoms with Gasteiger partial charge in [-0.2, -0.15) is 0 Å². The molecule has 0 spiro atoms. The molecule has 1 aliphatic carbocycles. The van der Waals surface area contributed by atoms with Crippen molar-refractivity contribution in [1.29, 1.82) is 0 Å². The minimum atomic E-state index is 0.0507. The molecule has 0 aromatic rings. The van der Waals surface area contributed by atoms with E-state index in [0.29, 0.717) is 5.92 Å². The summed E-state index contributed by atoms with van der Waals surface area (Å²) >= 11 is 0. The maximum Gasteiger partial charge on any atom is 0.0375 e. The molecule has 0 aromatic carbocycles. The third kappa shape index (κ3) is 4.93. The Labute approximate surface area is 144 Å². The van der Waals surface area contributed by atoms with Gasteiger partial charge >= 0.3 is 0 Å². The minimum Gasteiger partial charge on any atom is -0.329 e. The molecule has 0 aromatic heterocycles. The van der Waals surface area contributed by atoms with Gasteiger partial charge in [-0.15, -0.1) is 0 Å². The highest BCUT2D eigenvalue weighted by Gasteiger charge is 2.44. The Balaban J connectivity index is 2.24. The lowest BCUT2D eigenvalue weighted by Gasteiger charge is -2.44. The van der Waals surface area contributed by atoms with Gasteiger partial charge in [0.1, 0.15) is 0 Å². The molecule has 23 heavy (non-hydrogen) atoms. The SMILES string of the molecule is C=C(CC)C1C(CC2CC2)CCCNC1(CN)CCC=C(C)C. The predicted molar refractivity (Wildman–Crippen MR) is 101 cm³/mol. The molecular formula is C21H38N2. The molecule has 3 unspecified atom stereocenters. The average molecular weight is 319 g/mol. The van der Waals surface area contributed by atoms with Gasteiger partial charge in [-0.3, -0.25) is 0 Å². The first-order valence-electron chi connectivity index (χ1n) is 9.78. The van der Waals surface area contributed by atoms with Crippen LogP contribution in [0.25, 0.3) is 0 Å². The quantitative estimate of drug-likeness (QED) is 0.630. The third-order valence-electron chi connectivity index (χ3n) is 6.03. The minimum absolute atomic E-state index is 0.0507. The van der Waals surface area contributed by atoms with Crippen molar-refractivity contribution >= 4 is 0 Å². The van der Waals surface area contributed by atoms with Gasteiger partial charge in [0.2, 0.25) is 0 Å². The Bertz CT molecular complexity index is 418. The van der Waals surface area contributed by atoms with E-state index in [1.165, 1.54) is 43.3 Å². The van der Waals surface area contributed by atoms with Crippen molar-refractivity contribution in [3.05, 3.63) is 23.8 Å². The lowest BCUT2D eigenvalue weighted by molar-refractivity contribution is 0.172. The molecule has 3 atom stereocenters. The first-order chi connectivity index (χ1) is 11.0. The molecule has 1 aliphatic heterocycles. The second-order valence-corrected chi connectivity index (χ2v) is 8.18. The zero-order valence-corrected chi connectivity index (χ0v) is 15.7. The zero-order chi connectivity index (χ0) is 16.9. The molecule has 1 saturated carbocycles. The van der Waals surface area contributed by atoms with Crippen molar-refractivity contribution in [2.24, 2.45) is 23.5 Å². The van der Waals surface area contributed by atoms with Crippen LogP contribution in [-0.2, 0) is 0 Å². The van der Waals surface area contributed by atoms with Crippen LogP contribution in [0, 0.1) is 17.8 Å². The van der Waals surface area contributed by atoms with E-state index in [0.717, 1.165) is 44.2 Å². The number of hydrogen-bond acceptors (Lipinski definition) is 2. The molecule has 1 heterocycles. The van der Waals surface area contributed by atoms with Crippen LogP contribution in [0.15, 0.2) is 23.8 Å². The van der Waals surface area contributed by atoms with Crippen molar-refractivity contribution < 1.29 is 0 Å². The van der Waals surface area contributed by atoms with Crippen LogP contribution in [0.5, 0.6) is 0 Å². The van der Waals surface area contributed by atoms with Gasteiger partial charge in [0, 0.05) is 18.0 Å². The van der Waals surface area contributed by atoms with Gasteiger partial charge in [0.25, 0.3) is 0 Å². The summed E-state index contributed by atoms with van der Waals surface area (Å²) in [6, 6.07) is 0. The molecule has 0 amide bonds. The molecule has 3 N–H and O–H groups in total. The van der Waals surface area contributed by atoms with Gasteiger partial charge < -0.3 is 11.1 Å². The molecule has 0 radical (unpaired) electrons. The fraction of sp³-hybridized carbons (Fsp3) is 0.810. The maximum atomic E-state index is 6.39. The highest BCUT2D eigenvalue weighted by molar-refractivity contribution is 5.16. The summed E-state index contributed by atoms with van der Waals surface area (Å²) in [7, 11) is 0. The van der Waals surface area contributed by atoms with E-state index in [2.05, 4.69) is 38.7 Å². The van der Waals surface area contributed by atoms with E-state index < -0.39 is 0 Å². The smallest absolute Gasteiger partial charge is 0.0375 e. The molecule has 2 nitrogen and oxygen atoms in total. The van der Waals surface area contributed by atoms with Crippen molar-refractivity contribution in [2.45, 2.75) is 77.7 Å². The highest BCUT2D eigenvalue weighted by atomic mass is 15.0. The third-order valence-corrected chi connectivity index (χ3v) is 6.03. The number of nitrogens with two attached hydrogens (primary N) is 1. The monoisotopic (exact) mass is 318 g/mol. The van der Waals surface area contributed by atoms with Crippen LogP contribution >= 0.6 is 0 Å². The summed E-state index contributed by atoms with van der Waals surface area (Å²) in [6.07, 6.45) is 12.6. The van der Waals surface area contributed by atoms with Gasteiger partial charge in [0.05, 0.1) is 0 Å². The molecule has 2 aliphatic rings. The largest absolute Gasteiger partial charge is 0.329 e. The lowest BCUT2D eigenvalue weighted by atomic mass is 9.67. The number of nitrogens with one attached hydrogen (secondary N) is 1. The lowest BCUT2D eigenvalue weighted by Crippen LogP contribution is -2.57. The van der Waals surface area contributed by atoms with E-state index in [4.69, 9.17) is 5.73 Å². The number of allylic oxidation sites excluding steroid dienone is 2. The number of rotatable bonds is 8. The Morgan fingerprint density at radius 2 is 2.04 bits per heavy atom.